The quantitative estimate of drug-likeness (QED) is 0.454. The van der Waals surface area contributed by atoms with Crippen molar-refractivity contribution < 1.29 is 4.39 Å². The zero-order valence-corrected chi connectivity index (χ0v) is 15.0. The Hall–Kier alpha value is -1.22. The number of hydrogen-bond donors (Lipinski definition) is 2. The number of aromatic nitrogens is 1. The minimum atomic E-state index is -0.225. The van der Waals surface area contributed by atoms with E-state index in [9.17, 15) is 4.39 Å². The Morgan fingerprint density at radius 2 is 1.90 bits per heavy atom. The maximum absolute atomic E-state index is 12.8. The van der Waals surface area contributed by atoms with Crippen molar-refractivity contribution in [1.82, 2.24) is 15.6 Å². The summed E-state index contributed by atoms with van der Waals surface area (Å²) in [5.74, 6) is 0.484. The molecule has 21 heavy (non-hydrogen) atoms. The molecule has 4 nitrogen and oxygen atoms in total. The maximum Gasteiger partial charge on any atom is 0.191 e. The van der Waals surface area contributed by atoms with Crippen molar-refractivity contribution in [2.24, 2.45) is 4.99 Å². The smallest absolute Gasteiger partial charge is 0.191 e. The minimum Gasteiger partial charge on any atom is -0.352 e. The third-order valence-corrected chi connectivity index (χ3v) is 3.61. The molecule has 0 aliphatic heterocycles. The highest BCUT2D eigenvalue weighted by molar-refractivity contribution is 14.0. The number of halogens is 2. The Morgan fingerprint density at radius 3 is 2.48 bits per heavy atom. The van der Waals surface area contributed by atoms with E-state index in [0.717, 1.165) is 15.4 Å². The zero-order chi connectivity index (χ0) is 14.4. The number of hydrogen-bond acceptors (Lipinski definition) is 3. The Kier molecular flexibility index (Phi) is 7.58. The fraction of sp³-hybridized carbons (Fsp3) is 0.286. The normalized spacial score (nSPS) is 10.9. The summed E-state index contributed by atoms with van der Waals surface area (Å²) >= 11 is 1.66. The highest BCUT2D eigenvalue weighted by Gasteiger charge is 2.01. The van der Waals surface area contributed by atoms with E-state index in [0.29, 0.717) is 19.0 Å². The topological polar surface area (TPSA) is 49.3 Å². The van der Waals surface area contributed by atoms with Gasteiger partial charge in [-0.25, -0.2) is 9.37 Å². The molecule has 0 aliphatic carbocycles. The van der Waals surface area contributed by atoms with Gasteiger partial charge in [0.15, 0.2) is 5.96 Å². The van der Waals surface area contributed by atoms with Crippen LogP contribution < -0.4 is 10.6 Å². The number of nitrogens with one attached hydrogen (secondary N) is 2. The van der Waals surface area contributed by atoms with E-state index in [1.165, 1.54) is 12.1 Å². The van der Waals surface area contributed by atoms with E-state index in [1.54, 1.807) is 30.5 Å². The number of guanidine groups is 1. The molecule has 1 aromatic heterocycles. The van der Waals surface area contributed by atoms with Gasteiger partial charge in [0.1, 0.15) is 5.82 Å². The van der Waals surface area contributed by atoms with Crippen LogP contribution in [0.5, 0.6) is 0 Å². The third-order valence-electron chi connectivity index (χ3n) is 2.70. The van der Waals surface area contributed by atoms with Crippen molar-refractivity contribution in [3.05, 3.63) is 51.7 Å². The monoisotopic (exact) mass is 420 g/mol. The van der Waals surface area contributed by atoms with Crippen molar-refractivity contribution in [2.75, 3.05) is 7.05 Å². The fourth-order valence-corrected chi connectivity index (χ4v) is 2.40. The summed E-state index contributed by atoms with van der Waals surface area (Å²) in [4.78, 5) is 9.51. The lowest BCUT2D eigenvalue weighted by atomic mass is 10.2. The summed E-state index contributed by atoms with van der Waals surface area (Å²) in [7, 11) is 1.72. The molecule has 0 saturated heterocycles. The van der Waals surface area contributed by atoms with Crippen molar-refractivity contribution in [3.8, 4) is 0 Å². The molecule has 2 aromatic rings. The van der Waals surface area contributed by atoms with E-state index in [-0.39, 0.29) is 29.8 Å². The molecule has 0 radical (unpaired) electrons. The predicted octanol–water partition coefficient (Wildman–Crippen LogP) is 3.07. The van der Waals surface area contributed by atoms with Crippen LogP contribution in [0.2, 0.25) is 0 Å². The van der Waals surface area contributed by atoms with Gasteiger partial charge in [-0.2, -0.15) is 0 Å². The van der Waals surface area contributed by atoms with Gasteiger partial charge < -0.3 is 10.6 Å². The number of rotatable bonds is 4. The lowest BCUT2D eigenvalue weighted by Gasteiger charge is -2.11. The summed E-state index contributed by atoms with van der Waals surface area (Å²) in [5, 5.41) is 7.45. The van der Waals surface area contributed by atoms with Gasteiger partial charge in [-0.1, -0.05) is 12.1 Å². The van der Waals surface area contributed by atoms with Crippen LogP contribution in [0, 0.1) is 12.7 Å². The second-order valence-corrected chi connectivity index (χ2v) is 5.57. The lowest BCUT2D eigenvalue weighted by molar-refractivity contribution is 0.626. The van der Waals surface area contributed by atoms with Crippen molar-refractivity contribution in [3.63, 3.8) is 0 Å². The second kappa shape index (κ2) is 8.93. The first-order chi connectivity index (χ1) is 9.67. The van der Waals surface area contributed by atoms with Crippen molar-refractivity contribution >= 4 is 41.3 Å². The Labute approximate surface area is 144 Å². The van der Waals surface area contributed by atoms with Crippen LogP contribution in [-0.2, 0) is 13.1 Å². The van der Waals surface area contributed by atoms with Gasteiger partial charge in [-0.15, -0.1) is 35.3 Å². The Morgan fingerprint density at radius 1 is 1.24 bits per heavy atom. The van der Waals surface area contributed by atoms with Crippen LogP contribution in [0.25, 0.3) is 0 Å². The van der Waals surface area contributed by atoms with Crippen molar-refractivity contribution in [1.29, 1.82) is 0 Å². The molecule has 1 aromatic carbocycles. The number of aryl methyl sites for hydroxylation is 1. The van der Waals surface area contributed by atoms with Crippen molar-refractivity contribution in [2.45, 2.75) is 20.0 Å². The van der Waals surface area contributed by atoms with Gasteiger partial charge in [-0.05, 0) is 24.6 Å². The molecular weight excluding hydrogens is 402 g/mol. The molecule has 0 atom stereocenters. The number of aliphatic imine (C=N–C) groups is 1. The Bertz CT molecular complexity index is 583. The van der Waals surface area contributed by atoms with E-state index in [2.05, 4.69) is 20.6 Å². The van der Waals surface area contributed by atoms with Crippen LogP contribution >= 0.6 is 35.3 Å². The molecule has 0 aliphatic rings. The van der Waals surface area contributed by atoms with Crippen LogP contribution in [0.15, 0.2) is 35.5 Å². The number of nitrogens with zero attached hydrogens (tertiary/aromatic N) is 2. The molecule has 0 spiro atoms. The summed E-state index contributed by atoms with van der Waals surface area (Å²) in [6.45, 7) is 3.27. The number of thiazole rings is 1. The maximum atomic E-state index is 12.8. The highest BCUT2D eigenvalue weighted by Crippen LogP contribution is 2.10. The summed E-state index contributed by atoms with van der Waals surface area (Å²) in [6.07, 6.45) is 1.86. The van der Waals surface area contributed by atoms with Crippen LogP contribution in [-0.4, -0.2) is 18.0 Å². The molecule has 2 N–H and O–H groups in total. The second-order valence-electron chi connectivity index (χ2n) is 4.25. The minimum absolute atomic E-state index is 0. The summed E-state index contributed by atoms with van der Waals surface area (Å²) < 4.78 is 12.8. The number of benzene rings is 1. The van der Waals surface area contributed by atoms with Crippen LogP contribution in [0.3, 0.4) is 0 Å². The molecule has 114 valence electrons. The molecule has 0 bridgehead atoms. The van der Waals surface area contributed by atoms with E-state index in [4.69, 9.17) is 0 Å². The first kappa shape index (κ1) is 17.8. The molecule has 0 amide bonds. The largest absolute Gasteiger partial charge is 0.352 e. The average molecular weight is 420 g/mol. The summed E-state index contributed by atoms with van der Waals surface area (Å²) in [5.41, 5.74) is 1.00. The molecule has 0 fully saturated rings. The molecule has 2 rings (SSSR count). The van der Waals surface area contributed by atoms with Gasteiger partial charge in [0.2, 0.25) is 0 Å². The van der Waals surface area contributed by atoms with Gasteiger partial charge >= 0.3 is 0 Å². The fourth-order valence-electron chi connectivity index (χ4n) is 1.67. The Balaban J connectivity index is 0.00000220. The van der Waals surface area contributed by atoms with Crippen LogP contribution in [0.4, 0.5) is 4.39 Å². The molecule has 0 unspecified atom stereocenters. The van der Waals surface area contributed by atoms with E-state index < -0.39 is 0 Å². The summed E-state index contributed by atoms with van der Waals surface area (Å²) in [6, 6.07) is 6.41. The highest BCUT2D eigenvalue weighted by atomic mass is 127. The van der Waals surface area contributed by atoms with Gasteiger partial charge in [0.05, 0.1) is 11.6 Å². The van der Waals surface area contributed by atoms with Gasteiger partial charge in [0, 0.05) is 24.7 Å². The first-order valence-electron chi connectivity index (χ1n) is 6.27. The molecular formula is C14H18FIN4S. The third kappa shape index (κ3) is 5.96. The van der Waals surface area contributed by atoms with Gasteiger partial charge in [0.25, 0.3) is 0 Å². The molecule has 0 saturated carbocycles. The van der Waals surface area contributed by atoms with Crippen LogP contribution in [0.1, 0.15) is 15.4 Å². The lowest BCUT2D eigenvalue weighted by Crippen LogP contribution is -2.36. The van der Waals surface area contributed by atoms with E-state index in [1.807, 2.05) is 13.1 Å². The molecule has 1 heterocycles. The average Bonchev–Trinajstić information content (AvgIpc) is 2.87. The molecule has 7 heteroatoms. The predicted molar refractivity (Wildman–Crippen MR) is 95.7 cm³/mol. The SMILES string of the molecule is CN=C(NCc1ccc(F)cc1)NCc1cnc(C)s1.I. The standard InChI is InChI=1S/C14H17FN4S.HI/c1-10-17-8-13(20-10)9-19-14(16-2)18-7-11-3-5-12(15)6-4-11;/h3-6,8H,7,9H2,1-2H3,(H2,16,18,19);1H. The van der Waals surface area contributed by atoms with E-state index >= 15 is 0 Å². The zero-order valence-electron chi connectivity index (χ0n) is 11.9. The first-order valence-corrected chi connectivity index (χ1v) is 7.09. The van der Waals surface area contributed by atoms with Gasteiger partial charge in [-0.3, -0.25) is 4.99 Å².